The first-order chi connectivity index (χ1) is 8.54. The molecule has 0 N–H and O–H groups in total. The van der Waals surface area contributed by atoms with Crippen LogP contribution >= 0.6 is 23.2 Å². The van der Waals surface area contributed by atoms with Gasteiger partial charge >= 0.3 is 0 Å². The zero-order chi connectivity index (χ0) is 13.1. The molecule has 0 radical (unpaired) electrons. The van der Waals surface area contributed by atoms with E-state index in [2.05, 4.69) is 9.97 Å². The minimum atomic E-state index is -0.587. The van der Waals surface area contributed by atoms with E-state index in [1.807, 2.05) is 0 Å². The highest BCUT2D eigenvalue weighted by atomic mass is 35.5. The van der Waals surface area contributed by atoms with Crippen LogP contribution in [0.25, 0.3) is 0 Å². The van der Waals surface area contributed by atoms with Gasteiger partial charge in [-0.1, -0.05) is 23.2 Å². The average molecular weight is 286 g/mol. The van der Waals surface area contributed by atoms with Crippen molar-refractivity contribution in [1.29, 1.82) is 0 Å². The summed E-state index contributed by atoms with van der Waals surface area (Å²) in [6.45, 7) is 0. The molecule has 2 heterocycles. The van der Waals surface area contributed by atoms with Gasteiger partial charge in [-0.25, -0.2) is 4.98 Å². The molecule has 0 saturated carbocycles. The summed E-state index contributed by atoms with van der Waals surface area (Å²) in [5.41, 5.74) is -0.208. The summed E-state index contributed by atoms with van der Waals surface area (Å²) in [7, 11) is 0. The molecule has 92 valence electrons. The third-order valence-electron chi connectivity index (χ3n) is 1.87. The second-order valence-corrected chi connectivity index (χ2v) is 4.01. The molecular formula is C10H5Cl2N3O3. The van der Waals surface area contributed by atoms with Crippen LogP contribution in [0, 0.1) is 10.1 Å². The minimum Gasteiger partial charge on any atom is -0.437 e. The standard InChI is InChI=1S/C10H5Cl2N3O3/c11-6-1-8(5-13-4-6)18-10-3-7(15(16)17)2-9(12)14-10/h1-5H. The molecular weight excluding hydrogens is 281 g/mol. The Morgan fingerprint density at radius 3 is 2.67 bits per heavy atom. The molecule has 0 unspecified atom stereocenters. The lowest BCUT2D eigenvalue weighted by Gasteiger charge is -2.04. The summed E-state index contributed by atoms with van der Waals surface area (Å²) in [5, 5.41) is 11.0. The van der Waals surface area contributed by atoms with E-state index < -0.39 is 4.92 Å². The number of rotatable bonds is 3. The fraction of sp³-hybridized carbons (Fsp3) is 0. The van der Waals surface area contributed by atoms with Gasteiger partial charge in [-0.05, 0) is 0 Å². The number of aromatic nitrogens is 2. The molecule has 8 heteroatoms. The maximum Gasteiger partial charge on any atom is 0.277 e. The van der Waals surface area contributed by atoms with Gasteiger partial charge in [0, 0.05) is 12.3 Å². The molecule has 0 fully saturated rings. The van der Waals surface area contributed by atoms with E-state index in [-0.39, 0.29) is 16.7 Å². The van der Waals surface area contributed by atoms with Crippen molar-refractivity contribution in [3.05, 3.63) is 50.9 Å². The number of nitrogens with zero attached hydrogens (tertiary/aromatic N) is 3. The number of pyridine rings is 2. The highest BCUT2D eigenvalue weighted by molar-refractivity contribution is 6.30. The topological polar surface area (TPSA) is 78.2 Å². The Labute approximate surface area is 111 Å². The smallest absolute Gasteiger partial charge is 0.277 e. The van der Waals surface area contributed by atoms with Crippen LogP contribution in [-0.4, -0.2) is 14.9 Å². The Balaban J connectivity index is 2.31. The molecule has 2 aromatic heterocycles. The highest BCUT2D eigenvalue weighted by Crippen LogP contribution is 2.26. The van der Waals surface area contributed by atoms with Crippen LogP contribution in [-0.2, 0) is 0 Å². The van der Waals surface area contributed by atoms with Gasteiger partial charge in [-0.2, -0.15) is 0 Å². The van der Waals surface area contributed by atoms with Crippen LogP contribution in [0.5, 0.6) is 11.6 Å². The van der Waals surface area contributed by atoms with Gasteiger partial charge in [0.1, 0.15) is 10.9 Å². The van der Waals surface area contributed by atoms with Crippen molar-refractivity contribution in [2.24, 2.45) is 0 Å². The molecule has 0 atom stereocenters. The number of ether oxygens (including phenoxy) is 1. The Hall–Kier alpha value is -1.92. The molecule has 2 rings (SSSR count). The van der Waals surface area contributed by atoms with Crippen molar-refractivity contribution >= 4 is 28.9 Å². The first-order valence-electron chi connectivity index (χ1n) is 4.65. The van der Waals surface area contributed by atoms with Crippen LogP contribution < -0.4 is 4.74 Å². The molecule has 0 amide bonds. The van der Waals surface area contributed by atoms with Gasteiger partial charge < -0.3 is 4.74 Å². The lowest BCUT2D eigenvalue weighted by Crippen LogP contribution is -1.93. The molecule has 18 heavy (non-hydrogen) atoms. The molecule has 0 saturated heterocycles. The summed E-state index contributed by atoms with van der Waals surface area (Å²) < 4.78 is 5.28. The molecule has 0 spiro atoms. The summed E-state index contributed by atoms with van der Waals surface area (Å²) in [5.74, 6) is 0.310. The summed E-state index contributed by atoms with van der Waals surface area (Å²) in [6.07, 6.45) is 2.84. The van der Waals surface area contributed by atoms with E-state index in [4.69, 9.17) is 27.9 Å². The van der Waals surface area contributed by atoms with Crippen LogP contribution in [0.1, 0.15) is 0 Å². The summed E-state index contributed by atoms with van der Waals surface area (Å²) >= 11 is 11.4. The average Bonchev–Trinajstić information content (AvgIpc) is 2.28. The Bertz CT molecular complexity index is 607. The maximum atomic E-state index is 10.6. The van der Waals surface area contributed by atoms with Crippen molar-refractivity contribution in [1.82, 2.24) is 9.97 Å². The Morgan fingerprint density at radius 1 is 1.22 bits per heavy atom. The van der Waals surface area contributed by atoms with Crippen molar-refractivity contribution in [3.8, 4) is 11.6 Å². The number of hydrogen-bond donors (Lipinski definition) is 0. The highest BCUT2D eigenvalue weighted by Gasteiger charge is 2.11. The Kier molecular flexibility index (Phi) is 3.59. The number of halogens is 2. The van der Waals surface area contributed by atoms with Crippen LogP contribution in [0.2, 0.25) is 10.2 Å². The van der Waals surface area contributed by atoms with E-state index in [1.54, 1.807) is 0 Å². The van der Waals surface area contributed by atoms with Gasteiger partial charge in [0.05, 0.1) is 28.3 Å². The predicted molar refractivity (Wildman–Crippen MR) is 65.2 cm³/mol. The molecule has 0 aliphatic rings. The quantitative estimate of drug-likeness (QED) is 0.490. The second-order valence-electron chi connectivity index (χ2n) is 3.18. The van der Waals surface area contributed by atoms with E-state index >= 15 is 0 Å². The molecule has 6 nitrogen and oxygen atoms in total. The zero-order valence-corrected chi connectivity index (χ0v) is 10.2. The molecule has 0 aromatic carbocycles. The predicted octanol–water partition coefficient (Wildman–Crippen LogP) is 3.48. The third-order valence-corrected chi connectivity index (χ3v) is 2.27. The van der Waals surface area contributed by atoms with Crippen LogP contribution in [0.3, 0.4) is 0 Å². The van der Waals surface area contributed by atoms with Crippen LogP contribution in [0.4, 0.5) is 5.69 Å². The van der Waals surface area contributed by atoms with E-state index in [0.717, 1.165) is 12.1 Å². The van der Waals surface area contributed by atoms with Gasteiger partial charge in [0.2, 0.25) is 5.88 Å². The van der Waals surface area contributed by atoms with Gasteiger partial charge in [0.15, 0.2) is 0 Å². The lowest BCUT2D eigenvalue weighted by atomic mass is 10.4. The first-order valence-corrected chi connectivity index (χ1v) is 5.40. The van der Waals surface area contributed by atoms with Crippen molar-refractivity contribution in [3.63, 3.8) is 0 Å². The van der Waals surface area contributed by atoms with Crippen molar-refractivity contribution in [2.75, 3.05) is 0 Å². The Morgan fingerprint density at radius 2 is 2.00 bits per heavy atom. The van der Waals surface area contributed by atoms with Crippen LogP contribution in [0.15, 0.2) is 30.6 Å². The van der Waals surface area contributed by atoms with Gasteiger partial charge in [-0.15, -0.1) is 0 Å². The first kappa shape index (κ1) is 12.5. The largest absolute Gasteiger partial charge is 0.437 e. The summed E-state index contributed by atoms with van der Waals surface area (Å²) in [4.78, 5) is 17.7. The molecule has 0 aliphatic heterocycles. The SMILES string of the molecule is O=[N+]([O-])c1cc(Cl)nc(Oc2cncc(Cl)c2)c1. The maximum absolute atomic E-state index is 10.6. The second kappa shape index (κ2) is 5.16. The van der Waals surface area contributed by atoms with E-state index in [1.165, 1.54) is 18.5 Å². The van der Waals surface area contributed by atoms with E-state index in [0.29, 0.717) is 10.8 Å². The fourth-order valence-corrected chi connectivity index (χ4v) is 1.55. The molecule has 0 bridgehead atoms. The number of nitro groups is 1. The molecule has 0 aliphatic carbocycles. The van der Waals surface area contributed by atoms with Crippen molar-refractivity contribution in [2.45, 2.75) is 0 Å². The summed E-state index contributed by atoms with van der Waals surface area (Å²) in [6, 6.07) is 3.79. The lowest BCUT2D eigenvalue weighted by molar-refractivity contribution is -0.385. The fourth-order valence-electron chi connectivity index (χ4n) is 1.19. The minimum absolute atomic E-state index is 0.00160. The van der Waals surface area contributed by atoms with Gasteiger partial charge in [0.25, 0.3) is 5.69 Å². The zero-order valence-electron chi connectivity index (χ0n) is 8.71. The monoisotopic (exact) mass is 285 g/mol. The third kappa shape index (κ3) is 3.06. The van der Waals surface area contributed by atoms with Crippen molar-refractivity contribution < 1.29 is 9.66 Å². The van der Waals surface area contributed by atoms with E-state index in [9.17, 15) is 10.1 Å². The number of hydrogen-bond acceptors (Lipinski definition) is 5. The molecule has 2 aromatic rings. The van der Waals surface area contributed by atoms with Gasteiger partial charge in [-0.3, -0.25) is 15.1 Å². The normalized spacial score (nSPS) is 10.1.